The van der Waals surface area contributed by atoms with E-state index in [1.807, 2.05) is 29.8 Å². The number of benzene rings is 3. The van der Waals surface area contributed by atoms with Crippen LogP contribution in [0.25, 0.3) is 44.2 Å². The van der Waals surface area contributed by atoms with Gasteiger partial charge in [0.1, 0.15) is 11.6 Å². The van der Waals surface area contributed by atoms with Crippen molar-refractivity contribution < 1.29 is 9.59 Å². The molecule has 8 heteroatoms. The number of aromatic amines is 2. The van der Waals surface area contributed by atoms with Crippen molar-refractivity contribution in [3.05, 3.63) is 72.4 Å². The summed E-state index contributed by atoms with van der Waals surface area (Å²) in [5.41, 5.74) is 6.22. The number of rotatable bonds is 8. The smallest absolute Gasteiger partial charge is 0.226 e. The summed E-state index contributed by atoms with van der Waals surface area (Å²) in [5, 5.41) is 2.32. The maximum atomic E-state index is 13.2. The molecule has 3 aromatic carbocycles. The Balaban J connectivity index is 1.10. The van der Waals surface area contributed by atoms with Gasteiger partial charge in [-0.2, -0.15) is 0 Å². The average molecular weight is 645 g/mol. The van der Waals surface area contributed by atoms with Crippen LogP contribution in [0.4, 0.5) is 0 Å². The molecule has 2 amide bonds. The summed E-state index contributed by atoms with van der Waals surface area (Å²) in [6, 6.07) is 19.5. The van der Waals surface area contributed by atoms with Gasteiger partial charge in [0.25, 0.3) is 0 Å². The Labute approximate surface area is 283 Å². The molecular weight excluding hydrogens is 596 g/mol. The number of H-pyrrole nitrogens is 2. The van der Waals surface area contributed by atoms with Crippen LogP contribution in [0, 0.1) is 23.7 Å². The van der Waals surface area contributed by atoms with Gasteiger partial charge < -0.3 is 19.8 Å². The predicted octanol–water partition coefficient (Wildman–Crippen LogP) is 8.68. The first kappa shape index (κ1) is 32.1. The van der Waals surface area contributed by atoms with E-state index < -0.39 is 0 Å². The van der Waals surface area contributed by atoms with Crippen molar-refractivity contribution in [3.8, 4) is 22.4 Å². The Bertz CT molecular complexity index is 1970. The number of aromatic nitrogens is 4. The zero-order valence-corrected chi connectivity index (χ0v) is 29.1. The van der Waals surface area contributed by atoms with Crippen LogP contribution in [-0.2, 0) is 9.59 Å². The van der Waals surface area contributed by atoms with E-state index in [0.29, 0.717) is 11.8 Å². The summed E-state index contributed by atoms with van der Waals surface area (Å²) in [5.74, 6) is 2.84. The van der Waals surface area contributed by atoms with E-state index in [1.165, 1.54) is 0 Å². The molecule has 7 rings (SSSR count). The van der Waals surface area contributed by atoms with Gasteiger partial charge in [-0.15, -0.1) is 0 Å². The van der Waals surface area contributed by atoms with Crippen LogP contribution in [0.2, 0.25) is 0 Å². The molecule has 0 bridgehead atoms. The fourth-order valence-electron chi connectivity index (χ4n) is 7.34. The summed E-state index contributed by atoms with van der Waals surface area (Å²) in [6.45, 7) is 14.1. The van der Waals surface area contributed by atoms with Crippen LogP contribution in [0.3, 0.4) is 0 Å². The standard InChI is InChI=1S/C40H48N6O2/c1-23(2)25(5)39(47)45-17-7-9-35(45)37-41-22-34(44-37)31-14-13-27-19-28(11-12-29(27)20-31)30-15-16-32-33(21-30)43-38(42-32)36-10-8-18-46(36)40(48)26(6)24(3)4/h11-16,19-26,35-36H,7-10,17-18H2,1-6H3,(H,41,44)(H,42,43)/t25-,26-,35-,36-/m0/s1. The highest BCUT2D eigenvalue weighted by molar-refractivity contribution is 5.92. The van der Waals surface area contributed by atoms with Crippen LogP contribution in [0.5, 0.6) is 0 Å². The minimum Gasteiger partial charge on any atom is -0.340 e. The first-order chi connectivity index (χ1) is 23.1. The molecule has 4 atom stereocenters. The molecule has 2 N–H and O–H groups in total. The summed E-state index contributed by atoms with van der Waals surface area (Å²) in [4.78, 5) is 47.3. The molecule has 2 saturated heterocycles. The monoisotopic (exact) mass is 644 g/mol. The van der Waals surface area contributed by atoms with Gasteiger partial charge in [-0.3, -0.25) is 9.59 Å². The second-order valence-electron chi connectivity index (χ2n) is 14.8. The average Bonchev–Trinajstić information content (AvgIpc) is 3.91. The largest absolute Gasteiger partial charge is 0.340 e. The molecule has 8 nitrogen and oxygen atoms in total. The number of carbonyl (C=O) groups is 2. The van der Waals surface area contributed by atoms with E-state index in [9.17, 15) is 9.59 Å². The Morgan fingerprint density at radius 1 is 0.688 bits per heavy atom. The summed E-state index contributed by atoms with van der Waals surface area (Å²) in [6.07, 6.45) is 5.78. The van der Waals surface area contributed by atoms with Crippen LogP contribution in [0.1, 0.15) is 91.0 Å². The zero-order valence-electron chi connectivity index (χ0n) is 29.1. The lowest BCUT2D eigenvalue weighted by molar-refractivity contribution is -0.138. The third kappa shape index (κ3) is 5.90. The van der Waals surface area contributed by atoms with Crippen molar-refractivity contribution in [1.29, 1.82) is 0 Å². The number of amides is 2. The Kier molecular flexibility index (Phi) is 8.60. The number of fused-ring (bicyclic) bond motifs is 2. The third-order valence-electron chi connectivity index (χ3n) is 11.1. The van der Waals surface area contributed by atoms with Gasteiger partial charge in [0.2, 0.25) is 11.8 Å². The third-order valence-corrected chi connectivity index (χ3v) is 11.1. The van der Waals surface area contributed by atoms with Crippen molar-refractivity contribution in [1.82, 2.24) is 29.7 Å². The van der Waals surface area contributed by atoms with Gasteiger partial charge in [0.05, 0.1) is 35.0 Å². The molecule has 0 unspecified atom stereocenters. The lowest BCUT2D eigenvalue weighted by Crippen LogP contribution is -2.36. The van der Waals surface area contributed by atoms with Crippen LogP contribution >= 0.6 is 0 Å². The first-order valence-electron chi connectivity index (χ1n) is 17.8. The molecule has 2 aliphatic heterocycles. The first-order valence-corrected chi connectivity index (χ1v) is 17.8. The summed E-state index contributed by atoms with van der Waals surface area (Å²) in [7, 11) is 0. The van der Waals surface area contributed by atoms with E-state index >= 15 is 0 Å². The van der Waals surface area contributed by atoms with Crippen molar-refractivity contribution in [2.45, 2.75) is 79.3 Å². The second-order valence-corrected chi connectivity index (χ2v) is 14.8. The highest BCUT2D eigenvalue weighted by Crippen LogP contribution is 2.36. The predicted molar refractivity (Wildman–Crippen MR) is 192 cm³/mol. The molecule has 250 valence electrons. The van der Waals surface area contributed by atoms with Gasteiger partial charge in [0, 0.05) is 30.5 Å². The molecule has 0 aliphatic carbocycles. The minimum absolute atomic E-state index is 0.000715. The number of carbonyl (C=O) groups excluding carboxylic acids is 2. The lowest BCUT2D eigenvalue weighted by Gasteiger charge is -2.27. The fourth-order valence-corrected chi connectivity index (χ4v) is 7.34. The Morgan fingerprint density at radius 3 is 1.85 bits per heavy atom. The van der Waals surface area contributed by atoms with E-state index in [2.05, 4.69) is 92.3 Å². The van der Waals surface area contributed by atoms with Crippen molar-refractivity contribution in [3.63, 3.8) is 0 Å². The van der Waals surface area contributed by atoms with Gasteiger partial charge in [-0.05, 0) is 83.7 Å². The number of hydrogen-bond donors (Lipinski definition) is 2. The maximum Gasteiger partial charge on any atom is 0.226 e. The second kappa shape index (κ2) is 12.9. The Hall–Kier alpha value is -4.46. The van der Waals surface area contributed by atoms with Crippen molar-refractivity contribution in [2.75, 3.05) is 13.1 Å². The van der Waals surface area contributed by atoms with Crippen LogP contribution in [0.15, 0.2) is 60.8 Å². The Morgan fingerprint density at radius 2 is 1.23 bits per heavy atom. The van der Waals surface area contributed by atoms with Gasteiger partial charge in [-0.1, -0.05) is 71.9 Å². The normalized spacial score (nSPS) is 19.7. The van der Waals surface area contributed by atoms with E-state index in [0.717, 1.165) is 94.6 Å². The molecule has 5 aromatic rings. The molecule has 2 aromatic heterocycles. The summed E-state index contributed by atoms with van der Waals surface area (Å²) < 4.78 is 0. The molecule has 48 heavy (non-hydrogen) atoms. The number of imidazole rings is 2. The topological polar surface area (TPSA) is 98.0 Å². The molecular formula is C40H48N6O2. The highest BCUT2D eigenvalue weighted by Gasteiger charge is 2.36. The quantitative estimate of drug-likeness (QED) is 0.177. The summed E-state index contributed by atoms with van der Waals surface area (Å²) >= 11 is 0. The van der Waals surface area contributed by atoms with Gasteiger partial charge >= 0.3 is 0 Å². The molecule has 2 fully saturated rings. The maximum absolute atomic E-state index is 13.2. The molecule has 2 aliphatic rings. The molecule has 0 spiro atoms. The van der Waals surface area contributed by atoms with Gasteiger partial charge in [0.15, 0.2) is 0 Å². The zero-order chi connectivity index (χ0) is 33.7. The van der Waals surface area contributed by atoms with Gasteiger partial charge in [-0.25, -0.2) is 9.97 Å². The van der Waals surface area contributed by atoms with Crippen molar-refractivity contribution in [2.24, 2.45) is 23.7 Å². The number of hydrogen-bond acceptors (Lipinski definition) is 4. The fraction of sp³-hybridized carbons (Fsp3) is 0.450. The van der Waals surface area contributed by atoms with E-state index in [4.69, 9.17) is 9.97 Å². The number of nitrogens with one attached hydrogen (secondary N) is 2. The molecule has 4 heterocycles. The number of likely N-dealkylation sites (tertiary alicyclic amines) is 2. The van der Waals surface area contributed by atoms with Crippen LogP contribution < -0.4 is 0 Å². The minimum atomic E-state index is 0.000715. The van der Waals surface area contributed by atoms with Crippen molar-refractivity contribution >= 4 is 33.6 Å². The molecule has 0 radical (unpaired) electrons. The number of nitrogens with zero attached hydrogens (tertiary/aromatic N) is 4. The highest BCUT2D eigenvalue weighted by atomic mass is 16.2. The lowest BCUT2D eigenvalue weighted by atomic mass is 9.96. The molecule has 0 saturated carbocycles. The SMILES string of the molecule is CC(C)[C@H](C)C(=O)N1CCC[C@H]1c1ncc(-c2ccc3cc(-c4ccc5nc([C@@H]6CCCN6C(=O)[C@@H](C)C(C)C)[nH]c5c4)ccc3c2)[nH]1. The van der Waals surface area contributed by atoms with E-state index in [1.54, 1.807) is 0 Å². The van der Waals surface area contributed by atoms with E-state index in [-0.39, 0.29) is 35.7 Å². The van der Waals surface area contributed by atoms with Crippen LogP contribution in [-0.4, -0.2) is 54.6 Å².